The number of carbonyl (C=O) groups is 2. The maximum Gasteiger partial charge on any atom is 0.317 e. The minimum Gasteiger partial charge on any atom is -0.480 e. The second-order valence-corrected chi connectivity index (χ2v) is 6.56. The van der Waals surface area contributed by atoms with Gasteiger partial charge in [-0.05, 0) is 24.6 Å². The second kappa shape index (κ2) is 6.86. The number of hydrogen-bond donors (Lipinski definition) is 1. The van der Waals surface area contributed by atoms with Crippen LogP contribution in [0.15, 0.2) is 18.2 Å². The molecule has 1 aromatic rings. The predicted molar refractivity (Wildman–Crippen MR) is 84.3 cm³/mol. The fourth-order valence-corrected chi connectivity index (χ4v) is 3.49. The zero-order chi connectivity index (χ0) is 17.3. The molecule has 2 saturated heterocycles. The summed E-state index contributed by atoms with van der Waals surface area (Å²) in [6.45, 7) is 4.12. The van der Waals surface area contributed by atoms with E-state index in [2.05, 4.69) is 0 Å². The van der Waals surface area contributed by atoms with Gasteiger partial charge in [0.05, 0.1) is 25.8 Å². The zero-order valence-corrected chi connectivity index (χ0v) is 13.6. The highest BCUT2D eigenvalue weighted by molar-refractivity contribution is 5.96. The largest absolute Gasteiger partial charge is 0.480 e. The number of aryl methyl sites for hydroxylation is 1. The molecule has 24 heavy (non-hydrogen) atoms. The summed E-state index contributed by atoms with van der Waals surface area (Å²) < 4.78 is 19.2. The lowest BCUT2D eigenvalue weighted by molar-refractivity contribution is -0.138. The Morgan fingerprint density at radius 3 is 2.83 bits per heavy atom. The van der Waals surface area contributed by atoms with Crippen LogP contribution in [0.3, 0.4) is 0 Å². The molecular weight excluding hydrogens is 315 g/mol. The topological polar surface area (TPSA) is 70.1 Å². The van der Waals surface area contributed by atoms with Gasteiger partial charge in [-0.15, -0.1) is 0 Å². The second-order valence-electron chi connectivity index (χ2n) is 6.56. The molecule has 2 bridgehead atoms. The minimum atomic E-state index is -0.880. The molecular formula is C17H21FN2O4. The highest BCUT2D eigenvalue weighted by atomic mass is 19.1. The molecule has 3 rings (SSSR count). The van der Waals surface area contributed by atoms with E-state index in [-0.39, 0.29) is 24.4 Å². The monoisotopic (exact) mass is 336 g/mol. The first kappa shape index (κ1) is 16.9. The van der Waals surface area contributed by atoms with Crippen molar-refractivity contribution in [1.29, 1.82) is 0 Å². The third-order valence-corrected chi connectivity index (χ3v) is 4.59. The molecule has 2 fully saturated rings. The Hall–Kier alpha value is -1.99. The van der Waals surface area contributed by atoms with E-state index < -0.39 is 11.8 Å². The van der Waals surface area contributed by atoms with E-state index in [4.69, 9.17) is 9.84 Å². The lowest BCUT2D eigenvalue weighted by Gasteiger charge is -2.31. The van der Waals surface area contributed by atoms with Gasteiger partial charge in [-0.1, -0.05) is 6.07 Å². The number of carbonyl (C=O) groups excluding carboxylic acids is 1. The first-order valence-electron chi connectivity index (χ1n) is 8.03. The Morgan fingerprint density at radius 2 is 2.08 bits per heavy atom. The van der Waals surface area contributed by atoms with Crippen LogP contribution in [0.4, 0.5) is 4.39 Å². The molecule has 1 aromatic carbocycles. The average molecular weight is 336 g/mol. The molecule has 2 aliphatic heterocycles. The summed E-state index contributed by atoms with van der Waals surface area (Å²) in [5.74, 6) is -1.49. The van der Waals surface area contributed by atoms with Crippen molar-refractivity contribution in [1.82, 2.24) is 9.80 Å². The zero-order valence-electron chi connectivity index (χ0n) is 13.6. The number of ether oxygens (including phenoxy) is 1. The molecule has 0 radical (unpaired) electrons. The fourth-order valence-electron chi connectivity index (χ4n) is 3.49. The van der Waals surface area contributed by atoms with Gasteiger partial charge in [-0.2, -0.15) is 0 Å². The number of fused-ring (bicyclic) bond motifs is 3. The maximum atomic E-state index is 13.6. The van der Waals surface area contributed by atoms with Crippen LogP contribution in [0.5, 0.6) is 0 Å². The molecule has 0 unspecified atom stereocenters. The first-order chi connectivity index (χ1) is 11.4. The van der Waals surface area contributed by atoms with Gasteiger partial charge in [-0.25, -0.2) is 4.39 Å². The van der Waals surface area contributed by atoms with Gasteiger partial charge in [0.1, 0.15) is 5.82 Å². The smallest absolute Gasteiger partial charge is 0.317 e. The normalized spacial score (nSPS) is 24.5. The van der Waals surface area contributed by atoms with E-state index in [0.29, 0.717) is 38.4 Å². The standard InChI is InChI=1S/C17H21FN2O4/c1-11-2-3-13(18)4-15(11)17(23)20-6-12-5-19(8-16(21)22)7-14(20)10-24-9-12/h2-4,12,14H,5-10H2,1H3,(H,21,22)/t12-,14-/m0/s1. The van der Waals surface area contributed by atoms with E-state index in [1.807, 2.05) is 4.90 Å². The molecule has 0 spiro atoms. The number of nitrogens with zero attached hydrogens (tertiary/aromatic N) is 2. The van der Waals surface area contributed by atoms with Crippen LogP contribution < -0.4 is 0 Å². The van der Waals surface area contributed by atoms with Crippen molar-refractivity contribution in [2.75, 3.05) is 39.4 Å². The molecule has 0 saturated carbocycles. The number of hydrogen-bond acceptors (Lipinski definition) is 4. The van der Waals surface area contributed by atoms with Crippen molar-refractivity contribution >= 4 is 11.9 Å². The van der Waals surface area contributed by atoms with Gasteiger partial charge >= 0.3 is 5.97 Å². The van der Waals surface area contributed by atoms with Crippen LogP contribution in [0, 0.1) is 18.7 Å². The SMILES string of the molecule is Cc1ccc(F)cc1C(=O)N1C[C@H]2COC[C@@H]1CN(CC(=O)O)C2. The summed E-state index contributed by atoms with van der Waals surface area (Å²) in [4.78, 5) is 27.6. The van der Waals surface area contributed by atoms with Crippen molar-refractivity contribution in [2.45, 2.75) is 13.0 Å². The van der Waals surface area contributed by atoms with Crippen LogP contribution in [0.1, 0.15) is 15.9 Å². The third kappa shape index (κ3) is 3.57. The van der Waals surface area contributed by atoms with E-state index in [1.54, 1.807) is 17.9 Å². The molecule has 0 aromatic heterocycles. The average Bonchev–Trinajstić information content (AvgIpc) is 2.79. The highest BCUT2D eigenvalue weighted by Gasteiger charge is 2.37. The molecule has 0 aliphatic carbocycles. The van der Waals surface area contributed by atoms with Gasteiger partial charge in [0.15, 0.2) is 0 Å². The lowest BCUT2D eigenvalue weighted by Crippen LogP contribution is -2.47. The van der Waals surface area contributed by atoms with Crippen LogP contribution in [0.25, 0.3) is 0 Å². The summed E-state index contributed by atoms with van der Waals surface area (Å²) in [7, 11) is 0. The molecule has 1 N–H and O–H groups in total. The summed E-state index contributed by atoms with van der Waals surface area (Å²) >= 11 is 0. The van der Waals surface area contributed by atoms with E-state index >= 15 is 0 Å². The van der Waals surface area contributed by atoms with Gasteiger partial charge in [0, 0.05) is 31.1 Å². The van der Waals surface area contributed by atoms with E-state index in [9.17, 15) is 14.0 Å². The fraction of sp³-hybridized carbons (Fsp3) is 0.529. The van der Waals surface area contributed by atoms with Crippen LogP contribution in [0.2, 0.25) is 0 Å². The molecule has 6 nitrogen and oxygen atoms in total. The number of rotatable bonds is 3. The van der Waals surface area contributed by atoms with Crippen LogP contribution >= 0.6 is 0 Å². The van der Waals surface area contributed by atoms with E-state index in [0.717, 1.165) is 5.56 Å². The number of carboxylic acids is 1. The van der Waals surface area contributed by atoms with Crippen LogP contribution in [-0.2, 0) is 9.53 Å². The molecule has 7 heteroatoms. The number of amides is 1. The number of benzene rings is 1. The molecule has 1 amide bonds. The van der Waals surface area contributed by atoms with Crippen molar-refractivity contribution in [3.63, 3.8) is 0 Å². The maximum absolute atomic E-state index is 13.6. The van der Waals surface area contributed by atoms with Gasteiger partial charge in [0.25, 0.3) is 5.91 Å². The quantitative estimate of drug-likeness (QED) is 0.891. The summed E-state index contributed by atoms with van der Waals surface area (Å²) in [5.41, 5.74) is 1.08. The highest BCUT2D eigenvalue weighted by Crippen LogP contribution is 2.23. The van der Waals surface area contributed by atoms with Gasteiger partial charge in [0.2, 0.25) is 0 Å². The Morgan fingerprint density at radius 1 is 1.29 bits per heavy atom. The van der Waals surface area contributed by atoms with Crippen LogP contribution in [-0.4, -0.2) is 72.2 Å². The minimum absolute atomic E-state index is 0.0476. The Bertz CT molecular complexity index is 651. The van der Waals surface area contributed by atoms with Crippen molar-refractivity contribution in [3.8, 4) is 0 Å². The molecule has 2 heterocycles. The number of carboxylic acid groups (broad SMARTS) is 1. The summed E-state index contributed by atoms with van der Waals surface area (Å²) in [5, 5.41) is 9.05. The Balaban J connectivity index is 1.86. The molecule has 130 valence electrons. The van der Waals surface area contributed by atoms with E-state index in [1.165, 1.54) is 12.1 Å². The summed E-state index contributed by atoms with van der Waals surface area (Å²) in [6.07, 6.45) is 0. The first-order valence-corrected chi connectivity index (χ1v) is 8.03. The number of aliphatic carboxylic acids is 1. The number of halogens is 1. The Labute approximate surface area is 139 Å². The van der Waals surface area contributed by atoms with Crippen molar-refractivity contribution < 1.29 is 23.8 Å². The Kier molecular flexibility index (Phi) is 4.82. The molecule has 2 aliphatic rings. The van der Waals surface area contributed by atoms with Gasteiger partial charge in [-0.3, -0.25) is 14.5 Å². The van der Waals surface area contributed by atoms with Crippen molar-refractivity contribution in [3.05, 3.63) is 35.1 Å². The lowest BCUT2D eigenvalue weighted by atomic mass is 10.1. The summed E-state index contributed by atoms with van der Waals surface area (Å²) in [6, 6.07) is 3.97. The predicted octanol–water partition coefficient (Wildman–Crippen LogP) is 0.992. The van der Waals surface area contributed by atoms with Crippen molar-refractivity contribution in [2.24, 2.45) is 5.92 Å². The third-order valence-electron chi connectivity index (χ3n) is 4.59. The van der Waals surface area contributed by atoms with Gasteiger partial charge < -0.3 is 14.7 Å². The molecule has 2 atom stereocenters.